The second-order valence-electron chi connectivity index (χ2n) is 10.6. The SMILES string of the molecule is CCOC(=O)C1=C(C)N=c2s/c(=C/c3cc(Br)ccc3OCc3ccc(C#N)cc3)c(=O)n2[C@@H]1c1ccc(OCC(=O)OC)c(OCC)c1. The van der Waals surface area contributed by atoms with E-state index >= 15 is 0 Å². The van der Waals surface area contributed by atoms with Crippen LogP contribution in [0.2, 0.25) is 0 Å². The van der Waals surface area contributed by atoms with Crippen molar-refractivity contribution in [2.75, 3.05) is 26.9 Å². The third-order valence-corrected chi connectivity index (χ3v) is 8.89. The number of nitriles is 1. The molecule has 2 heterocycles. The van der Waals surface area contributed by atoms with E-state index in [1.807, 2.05) is 30.3 Å². The van der Waals surface area contributed by atoms with Crippen LogP contribution in [0.15, 0.2) is 86.2 Å². The average molecular weight is 747 g/mol. The van der Waals surface area contributed by atoms with E-state index in [9.17, 15) is 14.4 Å². The summed E-state index contributed by atoms with van der Waals surface area (Å²) >= 11 is 4.71. The predicted molar refractivity (Wildman–Crippen MR) is 185 cm³/mol. The Hall–Kier alpha value is -5.19. The average Bonchev–Trinajstić information content (AvgIpc) is 3.40. The normalized spacial score (nSPS) is 14.0. The summed E-state index contributed by atoms with van der Waals surface area (Å²) in [5.74, 6) is 0.00173. The molecule has 0 unspecified atom stereocenters. The Kier molecular flexibility index (Phi) is 11.3. The molecule has 1 aliphatic rings. The fraction of sp³-hybridized carbons (Fsp3) is 0.250. The highest BCUT2D eigenvalue weighted by Gasteiger charge is 2.34. The van der Waals surface area contributed by atoms with Gasteiger partial charge in [-0.1, -0.05) is 45.5 Å². The lowest BCUT2D eigenvalue weighted by atomic mass is 9.95. The lowest BCUT2D eigenvalue weighted by Crippen LogP contribution is -2.40. The number of hydrogen-bond donors (Lipinski definition) is 0. The smallest absolute Gasteiger partial charge is 0.343 e. The van der Waals surface area contributed by atoms with Crippen molar-refractivity contribution in [3.05, 3.63) is 118 Å². The molecule has 0 amide bonds. The quantitative estimate of drug-likeness (QED) is 0.184. The molecule has 0 saturated heterocycles. The lowest BCUT2D eigenvalue weighted by Gasteiger charge is -2.25. The number of aromatic nitrogens is 1. The number of thiazole rings is 1. The van der Waals surface area contributed by atoms with Crippen LogP contribution in [0.25, 0.3) is 6.08 Å². The first-order valence-electron chi connectivity index (χ1n) is 15.2. The maximum absolute atomic E-state index is 14.3. The van der Waals surface area contributed by atoms with Crippen molar-refractivity contribution in [2.24, 2.45) is 4.99 Å². The van der Waals surface area contributed by atoms with Gasteiger partial charge in [0.1, 0.15) is 12.4 Å². The number of methoxy groups -OCH3 is 1. The molecule has 13 heteroatoms. The molecule has 1 aliphatic heterocycles. The van der Waals surface area contributed by atoms with Crippen molar-refractivity contribution in [2.45, 2.75) is 33.4 Å². The number of carbonyl (C=O) groups excluding carboxylic acids is 2. The summed E-state index contributed by atoms with van der Waals surface area (Å²) in [5.41, 5.74) is 2.88. The van der Waals surface area contributed by atoms with Gasteiger partial charge in [0.2, 0.25) is 0 Å². The number of halogens is 1. The van der Waals surface area contributed by atoms with E-state index in [4.69, 9.17) is 24.2 Å². The van der Waals surface area contributed by atoms with Gasteiger partial charge in [0.25, 0.3) is 5.56 Å². The fourth-order valence-corrected chi connectivity index (χ4v) is 6.54. The molecule has 49 heavy (non-hydrogen) atoms. The first-order valence-corrected chi connectivity index (χ1v) is 16.9. The molecule has 0 saturated carbocycles. The zero-order valence-electron chi connectivity index (χ0n) is 27.2. The maximum atomic E-state index is 14.3. The Balaban J connectivity index is 1.60. The van der Waals surface area contributed by atoms with Gasteiger partial charge in [0.15, 0.2) is 22.9 Å². The molecule has 3 aromatic carbocycles. The number of ether oxygens (including phenoxy) is 5. The monoisotopic (exact) mass is 745 g/mol. The van der Waals surface area contributed by atoms with Crippen LogP contribution < -0.4 is 29.1 Å². The van der Waals surface area contributed by atoms with E-state index in [2.05, 4.69) is 31.7 Å². The molecular weight excluding hydrogens is 714 g/mol. The van der Waals surface area contributed by atoms with Gasteiger partial charge >= 0.3 is 11.9 Å². The van der Waals surface area contributed by atoms with E-state index in [-0.39, 0.29) is 31.0 Å². The molecule has 11 nitrogen and oxygen atoms in total. The minimum atomic E-state index is -0.902. The van der Waals surface area contributed by atoms with Crippen LogP contribution in [0.3, 0.4) is 0 Å². The highest BCUT2D eigenvalue weighted by Crippen LogP contribution is 2.36. The van der Waals surface area contributed by atoms with Gasteiger partial charge in [-0.3, -0.25) is 9.36 Å². The van der Waals surface area contributed by atoms with Gasteiger partial charge in [0, 0.05) is 10.0 Å². The summed E-state index contributed by atoms with van der Waals surface area (Å²) in [5, 5.41) is 9.10. The van der Waals surface area contributed by atoms with Crippen LogP contribution in [0, 0.1) is 11.3 Å². The number of benzene rings is 3. The summed E-state index contributed by atoms with van der Waals surface area (Å²) in [6.45, 7) is 5.56. The van der Waals surface area contributed by atoms with Crippen molar-refractivity contribution in [1.82, 2.24) is 4.57 Å². The molecular formula is C36H32BrN3O8S. The number of fused-ring (bicyclic) bond motifs is 1. The number of esters is 2. The van der Waals surface area contributed by atoms with Gasteiger partial charge in [-0.25, -0.2) is 14.6 Å². The third-order valence-electron chi connectivity index (χ3n) is 7.41. The van der Waals surface area contributed by atoms with Crippen LogP contribution in [0.5, 0.6) is 17.2 Å². The van der Waals surface area contributed by atoms with Gasteiger partial charge in [0.05, 0.1) is 53.8 Å². The van der Waals surface area contributed by atoms with Gasteiger partial charge < -0.3 is 23.7 Å². The minimum Gasteiger partial charge on any atom is -0.490 e. The minimum absolute atomic E-state index is 0.130. The summed E-state index contributed by atoms with van der Waals surface area (Å²) < 4.78 is 30.4. The molecule has 252 valence electrons. The number of rotatable bonds is 12. The lowest BCUT2D eigenvalue weighted by molar-refractivity contribution is -0.143. The standard InChI is InChI=1S/C36H32BrN3O8S/c1-5-45-29-16-24(11-13-28(29)48-20-31(41)44-4)33-32(35(43)46-6-2)21(3)39-36-40(33)34(42)30(49-36)17-25-15-26(37)12-14-27(25)47-19-23-9-7-22(18-38)8-10-23/h7-17,33H,5-6,19-20H2,1-4H3/b30-17+/t33-/m1/s1. The van der Waals surface area contributed by atoms with Gasteiger partial charge in [-0.2, -0.15) is 5.26 Å². The van der Waals surface area contributed by atoms with Crippen molar-refractivity contribution >= 4 is 45.3 Å². The second-order valence-corrected chi connectivity index (χ2v) is 12.5. The molecule has 0 N–H and O–H groups in total. The predicted octanol–water partition coefficient (Wildman–Crippen LogP) is 4.96. The first kappa shape index (κ1) is 35.1. The molecule has 0 radical (unpaired) electrons. The van der Waals surface area contributed by atoms with E-state index < -0.39 is 18.0 Å². The Bertz CT molecular complexity index is 2150. The van der Waals surface area contributed by atoms with Crippen LogP contribution in [-0.2, 0) is 25.7 Å². The summed E-state index contributed by atoms with van der Waals surface area (Å²) in [6.07, 6.45) is 1.73. The van der Waals surface area contributed by atoms with Gasteiger partial charge in [-0.05, 0) is 80.4 Å². The van der Waals surface area contributed by atoms with Crippen LogP contribution in [-0.4, -0.2) is 43.4 Å². The molecule has 0 aliphatic carbocycles. The number of allylic oxidation sites excluding steroid dienone is 1. The third kappa shape index (κ3) is 7.93. The second kappa shape index (κ2) is 15.8. The van der Waals surface area contributed by atoms with Crippen molar-refractivity contribution in [3.63, 3.8) is 0 Å². The fourth-order valence-electron chi connectivity index (χ4n) is 5.13. The van der Waals surface area contributed by atoms with Crippen molar-refractivity contribution in [3.8, 4) is 23.3 Å². The largest absolute Gasteiger partial charge is 0.490 e. The molecule has 0 spiro atoms. The highest BCUT2D eigenvalue weighted by atomic mass is 79.9. The zero-order valence-corrected chi connectivity index (χ0v) is 29.6. The van der Waals surface area contributed by atoms with Crippen LogP contribution >= 0.6 is 27.3 Å². The van der Waals surface area contributed by atoms with Crippen LogP contribution in [0.4, 0.5) is 0 Å². The topological polar surface area (TPSA) is 138 Å². The first-order chi connectivity index (χ1) is 23.7. The number of nitrogens with zero attached hydrogens (tertiary/aromatic N) is 3. The van der Waals surface area contributed by atoms with E-state index in [1.165, 1.54) is 23.0 Å². The number of carbonyl (C=O) groups is 2. The van der Waals surface area contributed by atoms with E-state index in [0.717, 1.165) is 10.0 Å². The molecule has 1 atom stereocenters. The van der Waals surface area contributed by atoms with Crippen molar-refractivity contribution < 1.29 is 33.3 Å². The van der Waals surface area contributed by atoms with Gasteiger partial charge in [-0.15, -0.1) is 0 Å². The highest BCUT2D eigenvalue weighted by molar-refractivity contribution is 9.10. The molecule has 0 bridgehead atoms. The summed E-state index contributed by atoms with van der Waals surface area (Å²) in [6, 6.07) is 18.8. The number of hydrogen-bond acceptors (Lipinski definition) is 11. The summed E-state index contributed by atoms with van der Waals surface area (Å²) in [7, 11) is 1.27. The molecule has 1 aromatic heterocycles. The Morgan fingerprint density at radius 3 is 2.45 bits per heavy atom. The molecule has 5 rings (SSSR count). The summed E-state index contributed by atoms with van der Waals surface area (Å²) in [4.78, 5) is 44.5. The Morgan fingerprint density at radius 2 is 1.76 bits per heavy atom. The van der Waals surface area contributed by atoms with E-state index in [1.54, 1.807) is 57.2 Å². The Morgan fingerprint density at radius 1 is 1.00 bits per heavy atom. The molecule has 4 aromatic rings. The zero-order chi connectivity index (χ0) is 35.1. The van der Waals surface area contributed by atoms with Crippen LogP contribution in [0.1, 0.15) is 49.1 Å². The Labute approximate surface area is 294 Å². The van der Waals surface area contributed by atoms with Crippen molar-refractivity contribution in [1.29, 1.82) is 5.26 Å². The maximum Gasteiger partial charge on any atom is 0.343 e. The van der Waals surface area contributed by atoms with E-state index in [0.29, 0.717) is 55.6 Å². The molecule has 0 fully saturated rings.